The van der Waals surface area contributed by atoms with Gasteiger partial charge in [0.1, 0.15) is 17.3 Å². The summed E-state index contributed by atoms with van der Waals surface area (Å²) >= 11 is 0. The van der Waals surface area contributed by atoms with E-state index >= 15 is 0 Å². The summed E-state index contributed by atoms with van der Waals surface area (Å²) in [7, 11) is 4.06. The highest BCUT2D eigenvalue weighted by atomic mass is 19.1. The van der Waals surface area contributed by atoms with Gasteiger partial charge in [-0.1, -0.05) is 30.3 Å². The predicted octanol–water partition coefficient (Wildman–Crippen LogP) is 7.58. The van der Waals surface area contributed by atoms with Crippen molar-refractivity contribution in [3.8, 4) is 0 Å². The smallest absolute Gasteiger partial charge is 0.254 e. The van der Waals surface area contributed by atoms with Crippen molar-refractivity contribution < 1.29 is 18.0 Å². The number of aromatic nitrogens is 1. The van der Waals surface area contributed by atoms with Crippen molar-refractivity contribution in [1.29, 1.82) is 0 Å². The van der Waals surface area contributed by atoms with E-state index in [1.807, 2.05) is 37.2 Å². The monoisotopic (exact) mass is 559 g/mol. The summed E-state index contributed by atoms with van der Waals surface area (Å²) in [6, 6.07) is 19.0. The topological polar surface area (TPSA) is 39.3 Å². The fourth-order valence-electron chi connectivity index (χ4n) is 7.36. The van der Waals surface area contributed by atoms with Crippen molar-refractivity contribution in [1.82, 2.24) is 14.8 Å². The van der Waals surface area contributed by atoms with Crippen molar-refractivity contribution in [3.63, 3.8) is 0 Å². The summed E-state index contributed by atoms with van der Waals surface area (Å²) in [5.41, 5.74) is 1.41. The number of nitrogens with zero attached hydrogens (tertiary/aromatic N) is 2. The van der Waals surface area contributed by atoms with Crippen molar-refractivity contribution in [3.05, 3.63) is 106 Å². The fourth-order valence-corrected chi connectivity index (χ4v) is 7.36. The Morgan fingerprint density at radius 1 is 0.951 bits per heavy atom. The van der Waals surface area contributed by atoms with E-state index in [0.717, 1.165) is 22.2 Å². The number of amides is 1. The van der Waals surface area contributed by atoms with E-state index in [1.54, 1.807) is 12.1 Å². The molecule has 1 aliphatic carbocycles. The number of hydrogen-bond acceptors (Lipinski definition) is 2. The first-order valence-corrected chi connectivity index (χ1v) is 14.3. The molecule has 0 bridgehead atoms. The third-order valence-corrected chi connectivity index (χ3v) is 9.60. The molecular weight excluding hydrogens is 523 g/mol. The van der Waals surface area contributed by atoms with Crippen LogP contribution in [-0.4, -0.2) is 41.3 Å². The van der Waals surface area contributed by atoms with Gasteiger partial charge in [-0.15, -0.1) is 0 Å². The van der Waals surface area contributed by atoms with Gasteiger partial charge in [-0.25, -0.2) is 13.2 Å². The van der Waals surface area contributed by atoms with Gasteiger partial charge < -0.3 is 9.88 Å². The van der Waals surface area contributed by atoms with Crippen LogP contribution in [0.2, 0.25) is 0 Å². The number of aromatic amines is 1. The second-order valence-electron chi connectivity index (χ2n) is 12.4. The fraction of sp³-hybridized carbons (Fsp3) is 0.382. The minimum atomic E-state index is -1.93. The molecule has 0 radical (unpaired) electrons. The number of para-hydroxylation sites is 1. The molecule has 4 nitrogen and oxygen atoms in total. The lowest BCUT2D eigenvalue weighted by molar-refractivity contribution is -0.0142. The van der Waals surface area contributed by atoms with Crippen LogP contribution in [0.25, 0.3) is 10.9 Å². The molecule has 6 rings (SSSR count). The molecule has 4 aromatic rings. The highest BCUT2D eigenvalue weighted by Gasteiger charge is 2.53. The van der Waals surface area contributed by atoms with E-state index in [-0.39, 0.29) is 22.9 Å². The third kappa shape index (κ3) is 4.37. The highest BCUT2D eigenvalue weighted by molar-refractivity contribution is 5.96. The van der Waals surface area contributed by atoms with Crippen molar-refractivity contribution in [2.75, 3.05) is 20.6 Å². The molecule has 1 aliphatic heterocycles. The average Bonchev–Trinajstić information content (AvgIpc) is 3.33. The van der Waals surface area contributed by atoms with Gasteiger partial charge in [0.25, 0.3) is 5.91 Å². The van der Waals surface area contributed by atoms with Gasteiger partial charge in [-0.2, -0.15) is 0 Å². The van der Waals surface area contributed by atoms with Gasteiger partial charge in [0.15, 0.2) is 0 Å². The third-order valence-electron chi connectivity index (χ3n) is 9.60. The Kier molecular flexibility index (Phi) is 6.57. The van der Waals surface area contributed by atoms with Crippen molar-refractivity contribution in [2.24, 2.45) is 0 Å². The summed E-state index contributed by atoms with van der Waals surface area (Å²) in [6.45, 7) is 3.09. The molecule has 1 aromatic heterocycles. The van der Waals surface area contributed by atoms with E-state index in [0.29, 0.717) is 38.6 Å². The number of H-pyrrole nitrogens is 1. The summed E-state index contributed by atoms with van der Waals surface area (Å²) in [5.74, 6) is -1.16. The molecule has 214 valence electrons. The standard InChI is InChI=1S/C34H36F3N3O/c1-32(2,37)27-20-22(12-13-28(27)36)31(41)40-19-14-26-25-10-5-6-11-29(25)38-30(26)34(40)17-15-33(16-18-34,39(3)4)23-8-7-9-24(35)21-23/h5-13,20-21,38H,14-19H2,1-4H3. The Morgan fingerprint density at radius 3 is 2.37 bits per heavy atom. The van der Waals surface area contributed by atoms with Crippen molar-refractivity contribution in [2.45, 2.75) is 62.7 Å². The first kappa shape index (κ1) is 27.6. The molecule has 2 aliphatic rings. The zero-order valence-corrected chi connectivity index (χ0v) is 24.0. The molecular formula is C34H36F3N3O. The zero-order chi connectivity index (χ0) is 29.2. The Bertz CT molecular complexity index is 1630. The molecule has 7 heteroatoms. The molecule has 41 heavy (non-hydrogen) atoms. The minimum Gasteiger partial charge on any atom is -0.356 e. The predicted molar refractivity (Wildman–Crippen MR) is 155 cm³/mol. The van der Waals surface area contributed by atoms with Crippen molar-refractivity contribution >= 4 is 16.8 Å². The molecule has 1 N–H and O–H groups in total. The van der Waals surface area contributed by atoms with Gasteiger partial charge in [-0.3, -0.25) is 9.69 Å². The van der Waals surface area contributed by atoms with E-state index in [1.165, 1.54) is 43.7 Å². The molecule has 0 saturated heterocycles. The van der Waals surface area contributed by atoms with Crippen LogP contribution in [0.3, 0.4) is 0 Å². The molecule has 0 unspecified atom stereocenters. The van der Waals surface area contributed by atoms with Crippen LogP contribution in [0.15, 0.2) is 66.7 Å². The Labute approximate surface area is 239 Å². The van der Waals surface area contributed by atoms with Gasteiger partial charge in [0, 0.05) is 39.8 Å². The zero-order valence-electron chi connectivity index (χ0n) is 24.0. The molecule has 1 spiro atoms. The van der Waals surface area contributed by atoms with Gasteiger partial charge >= 0.3 is 0 Å². The summed E-state index contributed by atoms with van der Waals surface area (Å²) in [6.07, 6.45) is 3.38. The van der Waals surface area contributed by atoms with Crippen LogP contribution in [0.5, 0.6) is 0 Å². The van der Waals surface area contributed by atoms with E-state index < -0.39 is 22.6 Å². The lowest BCUT2D eigenvalue weighted by Crippen LogP contribution is -2.58. The molecule has 0 atom stereocenters. The number of nitrogens with one attached hydrogen (secondary N) is 1. The Balaban J connectivity index is 1.46. The van der Waals surface area contributed by atoms with Crippen LogP contribution >= 0.6 is 0 Å². The quantitative estimate of drug-likeness (QED) is 0.280. The number of rotatable bonds is 4. The summed E-state index contributed by atoms with van der Waals surface area (Å²) in [4.78, 5) is 22.1. The van der Waals surface area contributed by atoms with Gasteiger partial charge in [-0.05, 0) is 108 Å². The van der Waals surface area contributed by atoms with Crippen LogP contribution in [0, 0.1) is 11.6 Å². The molecule has 1 fully saturated rings. The Hall–Kier alpha value is -3.58. The Morgan fingerprint density at radius 2 is 1.68 bits per heavy atom. The molecule has 3 aromatic carbocycles. The summed E-state index contributed by atoms with van der Waals surface area (Å²) < 4.78 is 43.9. The largest absolute Gasteiger partial charge is 0.356 e. The number of alkyl halides is 1. The number of hydrogen-bond donors (Lipinski definition) is 1. The maximum absolute atomic E-state index is 14.9. The van der Waals surface area contributed by atoms with Gasteiger partial charge in [0.05, 0.1) is 5.54 Å². The lowest BCUT2D eigenvalue weighted by Gasteiger charge is -2.55. The van der Waals surface area contributed by atoms with E-state index in [9.17, 15) is 18.0 Å². The van der Waals surface area contributed by atoms with Crippen LogP contribution in [0.4, 0.5) is 13.2 Å². The first-order valence-electron chi connectivity index (χ1n) is 14.3. The maximum atomic E-state index is 14.9. The number of fused-ring (bicyclic) bond motifs is 4. The number of carbonyl (C=O) groups is 1. The number of halogens is 3. The normalized spacial score (nSPS) is 22.9. The lowest BCUT2D eigenvalue weighted by atomic mass is 9.65. The summed E-state index contributed by atoms with van der Waals surface area (Å²) in [5, 5.41) is 1.16. The number of carbonyl (C=O) groups excluding carboxylic acids is 1. The second kappa shape index (κ2) is 9.76. The molecule has 1 saturated carbocycles. The highest BCUT2D eigenvalue weighted by Crippen LogP contribution is 2.54. The number of benzene rings is 3. The van der Waals surface area contributed by atoms with Gasteiger partial charge in [0.2, 0.25) is 0 Å². The molecule has 2 heterocycles. The first-order chi connectivity index (χ1) is 19.5. The van der Waals surface area contributed by atoms with Crippen LogP contribution < -0.4 is 0 Å². The molecule has 1 amide bonds. The SMILES string of the molecule is CN(C)C1(c2cccc(F)c2)CCC2(CC1)c1[nH]c3ccccc3c1CCN2C(=O)c1ccc(F)c(C(C)(C)F)c1. The average molecular weight is 560 g/mol. The maximum Gasteiger partial charge on any atom is 0.254 e. The van der Waals surface area contributed by atoms with E-state index in [4.69, 9.17) is 0 Å². The van der Waals surface area contributed by atoms with E-state index in [2.05, 4.69) is 22.0 Å². The second-order valence-corrected chi connectivity index (χ2v) is 12.4. The van der Waals surface area contributed by atoms with Crippen LogP contribution in [0.1, 0.15) is 72.3 Å². The minimum absolute atomic E-state index is 0.123. The van der Waals surface area contributed by atoms with Crippen LogP contribution in [-0.2, 0) is 23.2 Å².